The van der Waals surface area contributed by atoms with Crippen LogP contribution in [0.1, 0.15) is 43.4 Å². The van der Waals surface area contributed by atoms with Crippen molar-refractivity contribution in [1.29, 1.82) is 0 Å². The van der Waals surface area contributed by atoms with E-state index < -0.39 is 0 Å². The molecule has 4 nitrogen and oxygen atoms in total. The lowest BCUT2D eigenvalue weighted by Gasteiger charge is -2.14. The van der Waals surface area contributed by atoms with Crippen molar-refractivity contribution in [1.82, 2.24) is 9.97 Å². The van der Waals surface area contributed by atoms with Crippen LogP contribution in [-0.4, -0.2) is 16.5 Å². The fourth-order valence-electron chi connectivity index (χ4n) is 3.00. The van der Waals surface area contributed by atoms with E-state index >= 15 is 0 Å². The van der Waals surface area contributed by atoms with Gasteiger partial charge in [0.1, 0.15) is 5.82 Å². The minimum Gasteiger partial charge on any atom is -0.370 e. The Balaban J connectivity index is 1.54. The van der Waals surface area contributed by atoms with Gasteiger partial charge < -0.3 is 10.6 Å². The predicted molar refractivity (Wildman–Crippen MR) is 105 cm³/mol. The van der Waals surface area contributed by atoms with Crippen molar-refractivity contribution in [2.24, 2.45) is 0 Å². The second-order valence-corrected chi connectivity index (χ2v) is 6.92. The lowest BCUT2D eigenvalue weighted by atomic mass is 9.97. The van der Waals surface area contributed by atoms with Crippen LogP contribution in [0.15, 0.2) is 42.0 Å². The maximum absolute atomic E-state index is 5.92. The molecule has 132 valence electrons. The molecule has 3 rings (SSSR count). The molecule has 1 aliphatic carbocycles. The van der Waals surface area contributed by atoms with E-state index in [2.05, 4.69) is 26.7 Å². The van der Waals surface area contributed by atoms with Crippen molar-refractivity contribution >= 4 is 23.4 Å². The van der Waals surface area contributed by atoms with Crippen molar-refractivity contribution in [3.05, 3.63) is 58.3 Å². The molecule has 0 aliphatic heterocycles. The average Bonchev–Trinajstić information content (AvgIpc) is 2.62. The molecule has 0 radical (unpaired) electrons. The molecular formula is C20H25ClN4. The number of allylic oxidation sites excluding steroid dienone is 1. The summed E-state index contributed by atoms with van der Waals surface area (Å²) in [6, 6.07) is 9.78. The van der Waals surface area contributed by atoms with Crippen LogP contribution in [0.2, 0.25) is 5.02 Å². The number of aryl methyl sites for hydroxylation is 1. The van der Waals surface area contributed by atoms with Crippen LogP contribution in [0.3, 0.4) is 0 Å². The second kappa shape index (κ2) is 8.86. The van der Waals surface area contributed by atoms with Crippen molar-refractivity contribution in [3.63, 3.8) is 0 Å². The van der Waals surface area contributed by atoms with Gasteiger partial charge in [0.25, 0.3) is 0 Å². The van der Waals surface area contributed by atoms with Gasteiger partial charge in [0.2, 0.25) is 5.95 Å². The normalized spacial score (nSPS) is 14.1. The number of nitrogens with zero attached hydrogens (tertiary/aromatic N) is 2. The van der Waals surface area contributed by atoms with E-state index in [1.54, 1.807) is 5.57 Å². The van der Waals surface area contributed by atoms with Crippen LogP contribution in [0, 0.1) is 6.92 Å². The quantitative estimate of drug-likeness (QED) is 0.656. The lowest BCUT2D eigenvalue weighted by Crippen LogP contribution is -2.09. The van der Waals surface area contributed by atoms with Gasteiger partial charge in [-0.2, -0.15) is 4.98 Å². The minimum absolute atomic E-state index is 0.648. The number of nitrogens with one attached hydrogen (secondary N) is 2. The number of aromatic nitrogens is 2. The Labute approximate surface area is 154 Å². The lowest BCUT2D eigenvalue weighted by molar-refractivity contribution is 0.679. The number of halogens is 1. The second-order valence-electron chi connectivity index (χ2n) is 6.48. The van der Waals surface area contributed by atoms with Gasteiger partial charge in [-0.1, -0.05) is 35.4 Å². The Morgan fingerprint density at radius 2 is 1.92 bits per heavy atom. The van der Waals surface area contributed by atoms with Gasteiger partial charge in [0.15, 0.2) is 0 Å². The topological polar surface area (TPSA) is 49.8 Å². The molecule has 0 amide bonds. The molecular weight excluding hydrogens is 332 g/mol. The number of hydrogen-bond donors (Lipinski definition) is 2. The van der Waals surface area contributed by atoms with Crippen LogP contribution in [-0.2, 0) is 6.54 Å². The Hall–Kier alpha value is -2.07. The molecule has 1 aromatic carbocycles. The summed E-state index contributed by atoms with van der Waals surface area (Å²) in [7, 11) is 0. The highest BCUT2D eigenvalue weighted by molar-refractivity contribution is 6.30. The third-order valence-corrected chi connectivity index (χ3v) is 4.61. The van der Waals surface area contributed by atoms with E-state index in [-0.39, 0.29) is 0 Å². The fraction of sp³-hybridized carbons (Fsp3) is 0.400. The first-order valence-corrected chi connectivity index (χ1v) is 9.32. The Morgan fingerprint density at radius 1 is 1.08 bits per heavy atom. The largest absolute Gasteiger partial charge is 0.370 e. The van der Waals surface area contributed by atoms with Crippen molar-refractivity contribution < 1.29 is 0 Å². The van der Waals surface area contributed by atoms with Gasteiger partial charge in [-0.05, 0) is 56.7 Å². The molecule has 0 atom stereocenters. The number of anilines is 2. The van der Waals surface area contributed by atoms with E-state index in [1.165, 1.54) is 25.7 Å². The molecule has 2 N–H and O–H groups in total. The predicted octanol–water partition coefficient (Wildman–Crippen LogP) is 5.35. The van der Waals surface area contributed by atoms with E-state index in [9.17, 15) is 0 Å². The standard InChI is InChI=1S/C20H25ClN4/c1-15-13-19(22-12-11-16-5-3-2-4-6-16)25-20(24-15)23-14-17-7-9-18(21)10-8-17/h5,7-10,13H,2-4,6,11-12,14H2,1H3,(H2,22,23,24,25). The van der Waals surface area contributed by atoms with E-state index in [1.807, 2.05) is 37.3 Å². The third kappa shape index (κ3) is 5.75. The van der Waals surface area contributed by atoms with Crippen LogP contribution in [0.5, 0.6) is 0 Å². The minimum atomic E-state index is 0.648. The number of rotatable bonds is 7. The zero-order chi connectivity index (χ0) is 17.5. The SMILES string of the molecule is Cc1cc(NCCC2=CCCCC2)nc(NCc2ccc(Cl)cc2)n1. The molecule has 0 saturated heterocycles. The van der Waals surface area contributed by atoms with Gasteiger partial charge in [-0.15, -0.1) is 0 Å². The van der Waals surface area contributed by atoms with Gasteiger partial charge in [0, 0.05) is 29.9 Å². The summed E-state index contributed by atoms with van der Waals surface area (Å²) in [6.07, 6.45) is 8.65. The van der Waals surface area contributed by atoms with Crippen LogP contribution >= 0.6 is 11.6 Å². The molecule has 1 aromatic heterocycles. The monoisotopic (exact) mass is 356 g/mol. The molecule has 1 aliphatic rings. The molecule has 0 fully saturated rings. The molecule has 25 heavy (non-hydrogen) atoms. The van der Waals surface area contributed by atoms with E-state index in [4.69, 9.17) is 11.6 Å². The summed E-state index contributed by atoms with van der Waals surface area (Å²) in [5.41, 5.74) is 3.67. The summed E-state index contributed by atoms with van der Waals surface area (Å²) < 4.78 is 0. The zero-order valence-electron chi connectivity index (χ0n) is 14.7. The van der Waals surface area contributed by atoms with Gasteiger partial charge in [0.05, 0.1) is 0 Å². The molecule has 0 spiro atoms. The summed E-state index contributed by atoms with van der Waals surface area (Å²) in [5.74, 6) is 1.52. The summed E-state index contributed by atoms with van der Waals surface area (Å²) in [4.78, 5) is 9.03. The van der Waals surface area contributed by atoms with Crippen LogP contribution < -0.4 is 10.6 Å². The molecule has 2 aromatic rings. The van der Waals surface area contributed by atoms with Crippen molar-refractivity contribution in [2.75, 3.05) is 17.2 Å². The van der Waals surface area contributed by atoms with Crippen molar-refractivity contribution in [3.8, 4) is 0 Å². The molecule has 0 bridgehead atoms. The first-order chi connectivity index (χ1) is 12.2. The highest BCUT2D eigenvalue weighted by atomic mass is 35.5. The third-order valence-electron chi connectivity index (χ3n) is 4.36. The average molecular weight is 357 g/mol. The maximum Gasteiger partial charge on any atom is 0.225 e. The van der Waals surface area contributed by atoms with Gasteiger partial charge in [-0.25, -0.2) is 4.98 Å². The van der Waals surface area contributed by atoms with Crippen LogP contribution in [0.25, 0.3) is 0 Å². The first kappa shape index (κ1) is 17.7. The Morgan fingerprint density at radius 3 is 2.68 bits per heavy atom. The zero-order valence-corrected chi connectivity index (χ0v) is 15.4. The molecule has 5 heteroatoms. The van der Waals surface area contributed by atoms with Gasteiger partial charge >= 0.3 is 0 Å². The highest BCUT2D eigenvalue weighted by Crippen LogP contribution is 2.20. The summed E-state index contributed by atoms with van der Waals surface area (Å²) in [6.45, 7) is 3.58. The van der Waals surface area contributed by atoms with E-state index in [0.717, 1.165) is 35.1 Å². The highest BCUT2D eigenvalue weighted by Gasteiger charge is 2.05. The smallest absolute Gasteiger partial charge is 0.225 e. The number of hydrogen-bond acceptors (Lipinski definition) is 4. The summed E-state index contributed by atoms with van der Waals surface area (Å²) in [5, 5.41) is 7.46. The number of benzene rings is 1. The maximum atomic E-state index is 5.92. The molecule has 1 heterocycles. The molecule has 0 saturated carbocycles. The fourth-order valence-corrected chi connectivity index (χ4v) is 3.13. The van der Waals surface area contributed by atoms with E-state index in [0.29, 0.717) is 12.5 Å². The summed E-state index contributed by atoms with van der Waals surface area (Å²) >= 11 is 5.92. The van der Waals surface area contributed by atoms with Gasteiger partial charge in [-0.3, -0.25) is 0 Å². The first-order valence-electron chi connectivity index (χ1n) is 8.95. The van der Waals surface area contributed by atoms with Crippen molar-refractivity contribution in [2.45, 2.75) is 45.6 Å². The molecule has 0 unspecified atom stereocenters. The van der Waals surface area contributed by atoms with Crippen LogP contribution in [0.4, 0.5) is 11.8 Å². The Bertz CT molecular complexity index is 725. The Kier molecular flexibility index (Phi) is 6.29.